The number of hydrogen-bond acceptors (Lipinski definition) is 4. The Kier molecular flexibility index (Phi) is 4.47. The van der Waals surface area contributed by atoms with Gasteiger partial charge in [0.05, 0.1) is 11.8 Å². The molecule has 0 atom stereocenters. The highest BCUT2D eigenvalue weighted by Crippen LogP contribution is 2.12. The fraction of sp³-hybridized carbons (Fsp3) is 0.357. The van der Waals surface area contributed by atoms with E-state index in [2.05, 4.69) is 28.4 Å². The van der Waals surface area contributed by atoms with E-state index in [9.17, 15) is 4.79 Å². The number of pyridine rings is 1. The first-order valence-corrected chi connectivity index (χ1v) is 6.63. The lowest BCUT2D eigenvalue weighted by atomic mass is 10.2. The third-order valence-electron chi connectivity index (χ3n) is 2.95. The Labute approximate surface area is 118 Å². The van der Waals surface area contributed by atoms with E-state index >= 15 is 0 Å². The Morgan fingerprint density at radius 1 is 1.45 bits per heavy atom. The molecule has 20 heavy (non-hydrogen) atoms. The van der Waals surface area contributed by atoms with Crippen molar-refractivity contribution in [3.8, 4) is 5.82 Å². The maximum absolute atomic E-state index is 11.1. The molecule has 3 N–H and O–H groups in total. The molecule has 0 aliphatic heterocycles. The lowest BCUT2D eigenvalue weighted by Crippen LogP contribution is -2.14. The molecule has 0 saturated heterocycles. The number of carbonyl (C=O) groups is 1. The van der Waals surface area contributed by atoms with Gasteiger partial charge in [-0.05, 0) is 37.1 Å². The largest absolute Gasteiger partial charge is 0.366 e. The monoisotopic (exact) mass is 273 g/mol. The normalized spacial score (nSPS) is 10.7. The topological polar surface area (TPSA) is 85.8 Å². The van der Waals surface area contributed by atoms with E-state index in [1.54, 1.807) is 10.9 Å². The standard InChI is InChI=1S/C14H19N5O/c1-3-4-16-6-11-5-10(2)14(17-7-11)19-9-12(8-18-19)13(15)20/h5,7-9,16H,3-4,6H2,1-2H3,(H2,15,20). The quantitative estimate of drug-likeness (QED) is 0.774. The van der Waals surface area contributed by atoms with E-state index in [1.807, 2.05) is 13.1 Å². The predicted octanol–water partition coefficient (Wildman–Crippen LogP) is 1.17. The molecule has 2 rings (SSSR count). The van der Waals surface area contributed by atoms with Gasteiger partial charge in [-0.1, -0.05) is 6.92 Å². The molecule has 0 unspecified atom stereocenters. The van der Waals surface area contributed by atoms with Gasteiger partial charge in [-0.15, -0.1) is 0 Å². The van der Waals surface area contributed by atoms with Gasteiger partial charge in [-0.3, -0.25) is 4.79 Å². The number of carbonyl (C=O) groups excluding carboxylic acids is 1. The lowest BCUT2D eigenvalue weighted by molar-refractivity contribution is 0.100. The molecule has 0 aromatic carbocycles. The zero-order valence-electron chi connectivity index (χ0n) is 11.8. The van der Waals surface area contributed by atoms with Crippen molar-refractivity contribution in [2.75, 3.05) is 6.54 Å². The molecule has 0 bridgehead atoms. The molecule has 1 amide bonds. The van der Waals surface area contributed by atoms with Crippen LogP contribution < -0.4 is 11.1 Å². The molecule has 0 fully saturated rings. The molecule has 106 valence electrons. The van der Waals surface area contributed by atoms with Gasteiger partial charge in [0.2, 0.25) is 0 Å². The number of rotatable bonds is 6. The molecule has 0 aliphatic rings. The number of aryl methyl sites for hydroxylation is 1. The van der Waals surface area contributed by atoms with Crippen LogP contribution in [0.3, 0.4) is 0 Å². The Balaban J connectivity index is 2.18. The second-order valence-corrected chi connectivity index (χ2v) is 4.70. The SMILES string of the molecule is CCCNCc1cnc(-n2cc(C(N)=O)cn2)c(C)c1. The van der Waals surface area contributed by atoms with Crippen molar-refractivity contribution >= 4 is 5.91 Å². The number of nitrogens with two attached hydrogens (primary N) is 1. The summed E-state index contributed by atoms with van der Waals surface area (Å²) in [5.74, 6) is 0.214. The fourth-order valence-electron chi connectivity index (χ4n) is 1.94. The zero-order chi connectivity index (χ0) is 14.5. The van der Waals surface area contributed by atoms with Gasteiger partial charge in [0.15, 0.2) is 5.82 Å². The van der Waals surface area contributed by atoms with Crippen molar-refractivity contribution in [2.45, 2.75) is 26.8 Å². The molecule has 6 heteroatoms. The van der Waals surface area contributed by atoms with Gasteiger partial charge in [0.25, 0.3) is 5.91 Å². The highest BCUT2D eigenvalue weighted by Gasteiger charge is 2.09. The van der Waals surface area contributed by atoms with E-state index < -0.39 is 5.91 Å². The summed E-state index contributed by atoms with van der Waals surface area (Å²) in [6.45, 7) is 5.89. The summed E-state index contributed by atoms with van der Waals surface area (Å²) in [6.07, 6.45) is 5.96. The van der Waals surface area contributed by atoms with Gasteiger partial charge in [-0.2, -0.15) is 5.10 Å². The highest BCUT2D eigenvalue weighted by atomic mass is 16.1. The molecule has 2 aromatic rings. The van der Waals surface area contributed by atoms with Crippen molar-refractivity contribution in [3.05, 3.63) is 41.3 Å². The van der Waals surface area contributed by atoms with E-state index in [1.165, 1.54) is 6.20 Å². The minimum absolute atomic E-state index is 0.375. The van der Waals surface area contributed by atoms with Crippen LogP contribution in [0.4, 0.5) is 0 Å². The van der Waals surface area contributed by atoms with Crippen LogP contribution in [0.25, 0.3) is 5.82 Å². The van der Waals surface area contributed by atoms with Crippen LogP contribution in [0.2, 0.25) is 0 Å². The summed E-state index contributed by atoms with van der Waals surface area (Å²) < 4.78 is 1.57. The first-order valence-electron chi connectivity index (χ1n) is 6.63. The van der Waals surface area contributed by atoms with E-state index in [4.69, 9.17) is 5.73 Å². The van der Waals surface area contributed by atoms with Crippen molar-refractivity contribution in [2.24, 2.45) is 5.73 Å². The maximum Gasteiger partial charge on any atom is 0.251 e. The van der Waals surface area contributed by atoms with Crippen LogP contribution in [0.5, 0.6) is 0 Å². The molecule has 0 aliphatic carbocycles. The molecule has 0 saturated carbocycles. The average Bonchev–Trinajstić information content (AvgIpc) is 2.89. The number of nitrogens with one attached hydrogen (secondary N) is 1. The first-order chi connectivity index (χ1) is 9.61. The zero-order valence-corrected chi connectivity index (χ0v) is 11.8. The number of amides is 1. The molecule has 2 heterocycles. The second-order valence-electron chi connectivity index (χ2n) is 4.70. The van der Waals surface area contributed by atoms with Crippen molar-refractivity contribution in [3.63, 3.8) is 0 Å². The summed E-state index contributed by atoms with van der Waals surface area (Å²) in [5, 5.41) is 7.44. The maximum atomic E-state index is 11.1. The number of aromatic nitrogens is 3. The van der Waals surface area contributed by atoms with Crippen LogP contribution >= 0.6 is 0 Å². The van der Waals surface area contributed by atoms with Crippen LogP contribution in [0.15, 0.2) is 24.7 Å². The molecule has 6 nitrogen and oxygen atoms in total. The Morgan fingerprint density at radius 3 is 2.85 bits per heavy atom. The molecule has 2 aromatic heterocycles. The van der Waals surface area contributed by atoms with Gasteiger partial charge in [0.1, 0.15) is 0 Å². The second kappa shape index (κ2) is 6.29. The number of primary amides is 1. The van der Waals surface area contributed by atoms with Crippen LogP contribution in [0, 0.1) is 6.92 Å². The van der Waals surface area contributed by atoms with Crippen LogP contribution in [-0.4, -0.2) is 27.2 Å². The molecular weight excluding hydrogens is 254 g/mol. The Morgan fingerprint density at radius 2 is 2.25 bits per heavy atom. The van der Waals surface area contributed by atoms with E-state index in [0.717, 1.165) is 30.6 Å². The predicted molar refractivity (Wildman–Crippen MR) is 76.6 cm³/mol. The minimum atomic E-state index is -0.491. The lowest BCUT2D eigenvalue weighted by Gasteiger charge is -2.08. The molecule has 0 spiro atoms. The van der Waals surface area contributed by atoms with E-state index in [-0.39, 0.29) is 0 Å². The average molecular weight is 273 g/mol. The fourth-order valence-corrected chi connectivity index (χ4v) is 1.94. The smallest absolute Gasteiger partial charge is 0.251 e. The Hall–Kier alpha value is -2.21. The Bertz CT molecular complexity index is 605. The molecule has 0 radical (unpaired) electrons. The van der Waals surface area contributed by atoms with Crippen molar-refractivity contribution < 1.29 is 4.79 Å². The van der Waals surface area contributed by atoms with Crippen LogP contribution in [-0.2, 0) is 6.54 Å². The summed E-state index contributed by atoms with van der Waals surface area (Å²) in [5.41, 5.74) is 7.72. The summed E-state index contributed by atoms with van der Waals surface area (Å²) >= 11 is 0. The van der Waals surface area contributed by atoms with Crippen molar-refractivity contribution in [1.82, 2.24) is 20.1 Å². The summed E-state index contributed by atoms with van der Waals surface area (Å²) in [6, 6.07) is 2.07. The van der Waals surface area contributed by atoms with Gasteiger partial charge < -0.3 is 11.1 Å². The van der Waals surface area contributed by atoms with Crippen LogP contribution in [0.1, 0.15) is 34.8 Å². The highest BCUT2D eigenvalue weighted by molar-refractivity contribution is 5.92. The third-order valence-corrected chi connectivity index (χ3v) is 2.95. The van der Waals surface area contributed by atoms with Gasteiger partial charge >= 0.3 is 0 Å². The number of nitrogens with zero attached hydrogens (tertiary/aromatic N) is 3. The summed E-state index contributed by atoms with van der Waals surface area (Å²) in [4.78, 5) is 15.5. The van der Waals surface area contributed by atoms with Gasteiger partial charge in [0, 0.05) is 18.9 Å². The van der Waals surface area contributed by atoms with Gasteiger partial charge in [-0.25, -0.2) is 9.67 Å². The van der Waals surface area contributed by atoms with E-state index in [0.29, 0.717) is 11.4 Å². The molecular formula is C14H19N5O. The first kappa shape index (κ1) is 14.2. The summed E-state index contributed by atoms with van der Waals surface area (Å²) in [7, 11) is 0. The third kappa shape index (κ3) is 3.21. The van der Waals surface area contributed by atoms with Crippen molar-refractivity contribution in [1.29, 1.82) is 0 Å². The minimum Gasteiger partial charge on any atom is -0.366 e. The number of hydrogen-bond donors (Lipinski definition) is 2.